The Morgan fingerprint density at radius 1 is 0.938 bits per heavy atom. The number of amides is 1. The summed E-state index contributed by atoms with van der Waals surface area (Å²) in [5.41, 5.74) is 0.341. The first-order valence-electron chi connectivity index (χ1n) is 9.56. The van der Waals surface area contributed by atoms with E-state index in [9.17, 15) is 23.6 Å². The van der Waals surface area contributed by atoms with Crippen molar-refractivity contribution in [2.75, 3.05) is 5.32 Å². The molecule has 32 heavy (non-hydrogen) atoms. The van der Waals surface area contributed by atoms with Crippen molar-refractivity contribution in [3.8, 4) is 0 Å². The fourth-order valence-electron chi connectivity index (χ4n) is 3.51. The van der Waals surface area contributed by atoms with Crippen molar-refractivity contribution >= 4 is 40.7 Å². The monoisotopic (exact) mass is 451 g/mol. The number of anilines is 1. The van der Waals surface area contributed by atoms with E-state index in [2.05, 4.69) is 5.32 Å². The third-order valence-electron chi connectivity index (χ3n) is 5.05. The summed E-state index contributed by atoms with van der Waals surface area (Å²) in [5, 5.41) is 2.82. The summed E-state index contributed by atoms with van der Waals surface area (Å²) in [6.07, 6.45) is -1.37. The predicted octanol–water partition coefficient (Wildman–Crippen LogP) is 4.40. The molecule has 0 saturated heterocycles. The van der Waals surface area contributed by atoms with Gasteiger partial charge >= 0.3 is 5.97 Å². The summed E-state index contributed by atoms with van der Waals surface area (Å²) in [7, 11) is 0. The maximum absolute atomic E-state index is 14.4. The molecule has 1 amide bonds. The Bertz CT molecular complexity index is 1240. The van der Waals surface area contributed by atoms with Crippen LogP contribution in [-0.2, 0) is 14.3 Å². The highest BCUT2D eigenvalue weighted by molar-refractivity contribution is 6.45. The number of esters is 1. The van der Waals surface area contributed by atoms with Crippen molar-refractivity contribution < 1.29 is 28.3 Å². The Kier molecular flexibility index (Phi) is 5.83. The summed E-state index contributed by atoms with van der Waals surface area (Å²) < 4.78 is 19.7. The van der Waals surface area contributed by atoms with E-state index in [0.717, 1.165) is 6.07 Å². The van der Waals surface area contributed by atoms with Crippen LogP contribution in [0.1, 0.15) is 32.4 Å². The highest BCUT2D eigenvalue weighted by atomic mass is 35.5. The van der Waals surface area contributed by atoms with Gasteiger partial charge in [-0.25, -0.2) is 9.18 Å². The largest absolute Gasteiger partial charge is 0.453 e. The van der Waals surface area contributed by atoms with Crippen LogP contribution in [-0.4, -0.2) is 23.4 Å². The van der Waals surface area contributed by atoms with Crippen LogP contribution in [0.3, 0.4) is 0 Å². The number of fused-ring (bicyclic) bond motifs is 1. The van der Waals surface area contributed by atoms with Crippen LogP contribution in [0.2, 0.25) is 5.02 Å². The van der Waals surface area contributed by atoms with Crippen LogP contribution >= 0.6 is 11.6 Å². The Hall–Kier alpha value is -3.84. The van der Waals surface area contributed by atoms with Gasteiger partial charge in [-0.05, 0) is 42.5 Å². The number of hydrogen-bond acceptors (Lipinski definition) is 5. The lowest BCUT2D eigenvalue weighted by molar-refractivity contribution is -0.138. The van der Waals surface area contributed by atoms with E-state index in [-0.39, 0.29) is 22.4 Å². The van der Waals surface area contributed by atoms with Crippen molar-refractivity contribution in [1.82, 2.24) is 0 Å². The van der Waals surface area contributed by atoms with Gasteiger partial charge in [0.15, 0.2) is 5.78 Å². The smallest absolute Gasteiger partial charge is 0.339 e. The molecule has 2 atom stereocenters. The standard InChI is InChI=1S/C24H15ClFNO5/c25-13-9-11-14(12-10-13)27-23(30)21(29)19(20(28)17-7-3-4-8-18(17)26)22-15-5-1-2-6-16(15)24(31)32-22/h1-12,19,22H,(H,27,30)/t19-,22-/m1/s1. The average molecular weight is 452 g/mol. The third kappa shape index (κ3) is 4.02. The van der Waals surface area contributed by atoms with Gasteiger partial charge in [-0.2, -0.15) is 0 Å². The number of hydrogen-bond donors (Lipinski definition) is 1. The molecule has 8 heteroatoms. The number of halogens is 2. The number of carbonyl (C=O) groups excluding carboxylic acids is 4. The number of ether oxygens (including phenoxy) is 1. The van der Waals surface area contributed by atoms with Crippen LogP contribution in [0.5, 0.6) is 0 Å². The van der Waals surface area contributed by atoms with Gasteiger partial charge in [0.05, 0.1) is 11.1 Å². The fourth-order valence-corrected chi connectivity index (χ4v) is 3.64. The molecule has 0 radical (unpaired) electrons. The number of nitrogens with one attached hydrogen (secondary N) is 1. The lowest BCUT2D eigenvalue weighted by Crippen LogP contribution is -2.38. The zero-order valence-electron chi connectivity index (χ0n) is 16.4. The molecular formula is C24H15ClFNO5. The Morgan fingerprint density at radius 2 is 1.59 bits per heavy atom. The molecule has 0 bridgehead atoms. The molecule has 160 valence electrons. The quantitative estimate of drug-likeness (QED) is 0.260. The molecule has 1 heterocycles. The van der Waals surface area contributed by atoms with Crippen molar-refractivity contribution in [3.63, 3.8) is 0 Å². The van der Waals surface area contributed by atoms with Crippen LogP contribution in [0, 0.1) is 11.7 Å². The topological polar surface area (TPSA) is 89.5 Å². The molecule has 0 aromatic heterocycles. The van der Waals surface area contributed by atoms with Gasteiger partial charge in [-0.15, -0.1) is 0 Å². The molecule has 6 nitrogen and oxygen atoms in total. The van der Waals surface area contributed by atoms with Crippen LogP contribution in [0.15, 0.2) is 72.8 Å². The third-order valence-corrected chi connectivity index (χ3v) is 5.31. The second kappa shape index (κ2) is 8.72. The molecule has 0 saturated carbocycles. The molecule has 1 aliphatic rings. The Morgan fingerprint density at radius 3 is 2.31 bits per heavy atom. The molecule has 0 spiro atoms. The van der Waals surface area contributed by atoms with Crippen LogP contribution < -0.4 is 5.32 Å². The van der Waals surface area contributed by atoms with Crippen LogP contribution in [0.4, 0.5) is 10.1 Å². The zero-order valence-corrected chi connectivity index (χ0v) is 17.1. The van der Waals surface area contributed by atoms with Gasteiger partial charge in [-0.3, -0.25) is 14.4 Å². The summed E-state index contributed by atoms with van der Waals surface area (Å²) in [4.78, 5) is 51.5. The maximum atomic E-state index is 14.4. The van der Waals surface area contributed by atoms with Gasteiger partial charge in [0.1, 0.15) is 17.8 Å². The van der Waals surface area contributed by atoms with Crippen molar-refractivity contribution in [2.24, 2.45) is 5.92 Å². The Labute approximate surface area is 187 Å². The van der Waals surface area contributed by atoms with E-state index in [1.807, 2.05) is 0 Å². The van der Waals surface area contributed by atoms with E-state index < -0.39 is 41.3 Å². The van der Waals surface area contributed by atoms with Gasteiger partial charge in [0.2, 0.25) is 5.78 Å². The summed E-state index contributed by atoms with van der Waals surface area (Å²) in [6, 6.07) is 17.3. The lowest BCUT2D eigenvalue weighted by atomic mass is 9.84. The first-order chi connectivity index (χ1) is 15.4. The fraction of sp³-hybridized carbons (Fsp3) is 0.0833. The minimum atomic E-state index is -1.77. The number of ketones is 2. The highest BCUT2D eigenvalue weighted by Crippen LogP contribution is 2.38. The summed E-state index contributed by atoms with van der Waals surface area (Å²) >= 11 is 5.82. The average Bonchev–Trinajstić information content (AvgIpc) is 3.12. The number of Topliss-reactive ketones (excluding diaryl/α,β-unsaturated/α-hetero) is 2. The van der Waals surface area contributed by atoms with E-state index in [1.165, 1.54) is 54.6 Å². The van der Waals surface area contributed by atoms with Crippen molar-refractivity contribution in [1.29, 1.82) is 0 Å². The number of benzene rings is 3. The molecule has 0 aliphatic carbocycles. The molecule has 1 N–H and O–H groups in total. The van der Waals surface area contributed by atoms with Crippen LogP contribution in [0.25, 0.3) is 0 Å². The molecule has 0 fully saturated rings. The first-order valence-corrected chi connectivity index (χ1v) is 9.94. The maximum Gasteiger partial charge on any atom is 0.339 e. The van der Waals surface area contributed by atoms with Gasteiger partial charge in [0.25, 0.3) is 5.91 Å². The van der Waals surface area contributed by atoms with E-state index in [1.54, 1.807) is 12.1 Å². The molecule has 4 rings (SSSR count). The summed E-state index contributed by atoms with van der Waals surface area (Å²) in [5.74, 6) is -6.60. The summed E-state index contributed by atoms with van der Waals surface area (Å²) in [6.45, 7) is 0. The molecule has 1 aliphatic heterocycles. The molecular weight excluding hydrogens is 437 g/mol. The zero-order chi connectivity index (χ0) is 22.8. The predicted molar refractivity (Wildman–Crippen MR) is 114 cm³/mol. The first kappa shape index (κ1) is 21.4. The lowest BCUT2D eigenvalue weighted by Gasteiger charge is -2.21. The number of rotatable bonds is 6. The number of carbonyl (C=O) groups is 4. The van der Waals surface area contributed by atoms with E-state index in [4.69, 9.17) is 16.3 Å². The van der Waals surface area contributed by atoms with E-state index >= 15 is 0 Å². The SMILES string of the molecule is O=C(Nc1ccc(Cl)cc1)C(=O)[C@@H](C(=O)c1ccccc1F)[C@@H]1OC(=O)c2ccccc21. The van der Waals surface area contributed by atoms with Crippen molar-refractivity contribution in [3.05, 3.63) is 100 Å². The highest BCUT2D eigenvalue weighted by Gasteiger charge is 2.46. The molecule has 3 aromatic rings. The number of cyclic esters (lactones) is 1. The van der Waals surface area contributed by atoms with Gasteiger partial charge < -0.3 is 10.1 Å². The molecule has 0 unspecified atom stereocenters. The Balaban J connectivity index is 1.72. The minimum Gasteiger partial charge on any atom is -0.453 e. The van der Waals surface area contributed by atoms with Crippen molar-refractivity contribution in [2.45, 2.75) is 6.10 Å². The second-order valence-electron chi connectivity index (χ2n) is 7.06. The van der Waals surface area contributed by atoms with Gasteiger partial charge in [0, 0.05) is 16.3 Å². The molecule has 3 aromatic carbocycles. The normalized spacial score (nSPS) is 15.4. The van der Waals surface area contributed by atoms with Gasteiger partial charge in [-0.1, -0.05) is 41.9 Å². The van der Waals surface area contributed by atoms with E-state index in [0.29, 0.717) is 5.02 Å². The second-order valence-corrected chi connectivity index (χ2v) is 7.50. The minimum absolute atomic E-state index is 0.176.